The second-order valence-electron chi connectivity index (χ2n) is 34.5. The van der Waals surface area contributed by atoms with E-state index in [2.05, 4.69) is 125 Å². The maximum Gasteiger partial charge on any atom is 0.326 e. The second kappa shape index (κ2) is 54.2. The predicted molar refractivity (Wildman–Crippen MR) is 525 cm³/mol. The number of phenols is 1. The number of hydrogen-bond donors (Lipinski definition) is 27. The Bertz CT molecular complexity index is 5780. The highest BCUT2D eigenvalue weighted by Crippen LogP contribution is 2.25. The smallest absolute Gasteiger partial charge is 0.326 e. The van der Waals surface area contributed by atoms with Crippen molar-refractivity contribution in [2.24, 2.45) is 23.1 Å². The van der Waals surface area contributed by atoms with Crippen molar-refractivity contribution in [3.05, 3.63) is 192 Å². The number of imidazole rings is 1. The first-order chi connectivity index (χ1) is 67.8. The number of carboxylic acids is 2. The number of amides is 16. The number of aromatic amines is 3. The number of guanidine groups is 1. The predicted octanol–water partition coefficient (Wildman–Crippen LogP) is -2.40. The molecule has 3 aromatic heterocycles. The molecule has 47 heteroatoms. The van der Waals surface area contributed by atoms with Crippen molar-refractivity contribution in [2.75, 3.05) is 31.1 Å². The van der Waals surface area contributed by atoms with Gasteiger partial charge in [0.15, 0.2) is 5.96 Å². The van der Waals surface area contributed by atoms with E-state index >= 15 is 9.59 Å². The summed E-state index contributed by atoms with van der Waals surface area (Å²) in [4.78, 5) is 267. The van der Waals surface area contributed by atoms with Crippen molar-refractivity contribution >= 4 is 159 Å². The number of thiol groups is 2. The number of carbonyl (C=O) groups is 18. The van der Waals surface area contributed by atoms with E-state index < -0.39 is 240 Å². The summed E-state index contributed by atoms with van der Waals surface area (Å²) in [6.07, 6.45) is 3.70. The highest BCUT2D eigenvalue weighted by molar-refractivity contribution is 7.80. The number of primary amides is 1. The number of para-hydroxylation sites is 2. The Labute approximate surface area is 826 Å². The van der Waals surface area contributed by atoms with E-state index in [4.69, 9.17) is 22.6 Å². The zero-order valence-corrected chi connectivity index (χ0v) is 80.2. The quantitative estimate of drug-likeness (QED) is 0.00818. The standard InChI is InChI=1S/C95H122N24O21S2/c1-5-50(2)79(118-88(133)72(42-78(123)124)114-90(135)74(48-142)117-87(132)70(39-56-43-102-63-24-14-12-22-60(56)63)113-85(130)68(38-55-28-30-59(120)31-29-55)110-81(126)62(96)41-58-45-100-49-105-58)92(137)115-71(40-57-44-103-64-25-15-13-23-61(57)64)86(131)111-67(36-53-18-8-6-9-19-53)82(127)104-46-77(122)106-52(4)93(138)119-35-17-27-75(119)91(136)107-51(3)80(125)116-73(47-141)89(134)108-65(32-33-76(97)121)83(128)112-69(37-54-20-10-7-11-21-54)84(129)109-66(94(139)140)26-16-34-101-95(98)99/h6-15,18-25,28-31,43-45,49-52,62,65-75,79,102-103,120,141-142H,5,16-17,26-27,32-42,46-48,96H2,1-4H3,(H2,97,121)(H,100,105)(H,104,127)(H,106,122)(H,107,136)(H,108,134)(H,109,129)(H,110,126)(H,111,131)(H,112,128)(H,113,130)(H,114,135)(H,115,137)(H,116,125)(H,117,132)(H,118,133)(H,123,124)(H,139,140)(H4,98,99,101)/t50-,51-,52-,62-,65-,66-,67-,68-,69-,70-,71-,72-,73-,74-,75-,79-/m0/s1. The lowest BCUT2D eigenvalue weighted by Gasteiger charge is -2.29. The van der Waals surface area contributed by atoms with E-state index in [1.54, 1.807) is 135 Å². The van der Waals surface area contributed by atoms with Crippen LogP contribution < -0.4 is 97.0 Å². The minimum Gasteiger partial charge on any atom is -0.508 e. The number of fused-ring (bicyclic) bond motifs is 2. The van der Waals surface area contributed by atoms with E-state index in [0.717, 1.165) is 0 Å². The minimum atomic E-state index is -1.98. The van der Waals surface area contributed by atoms with E-state index in [1.165, 1.54) is 55.5 Å². The van der Waals surface area contributed by atoms with Crippen LogP contribution in [0.15, 0.2) is 158 Å². The van der Waals surface area contributed by atoms with Gasteiger partial charge in [-0.25, -0.2) is 9.78 Å². The summed E-state index contributed by atoms with van der Waals surface area (Å²) in [6, 6.07) is 14.1. The van der Waals surface area contributed by atoms with Crippen molar-refractivity contribution in [3.8, 4) is 5.75 Å². The highest BCUT2D eigenvalue weighted by atomic mass is 32.1. The van der Waals surface area contributed by atoms with Gasteiger partial charge in [0.1, 0.15) is 90.3 Å². The molecule has 4 heterocycles. The molecule has 0 bridgehead atoms. The molecule has 0 radical (unpaired) electrons. The average Bonchev–Trinajstić information content (AvgIpc) is 1.65. The summed E-state index contributed by atoms with van der Waals surface area (Å²) >= 11 is 8.61. The van der Waals surface area contributed by atoms with Crippen LogP contribution in [0.2, 0.25) is 0 Å². The molecule has 16 amide bonds. The van der Waals surface area contributed by atoms with E-state index in [1.807, 2.05) is 0 Å². The molecule has 0 spiro atoms. The van der Waals surface area contributed by atoms with Gasteiger partial charge in [-0.15, -0.1) is 0 Å². The maximum atomic E-state index is 15.2. The van der Waals surface area contributed by atoms with Crippen molar-refractivity contribution in [2.45, 2.75) is 208 Å². The Balaban J connectivity index is 0.836. The van der Waals surface area contributed by atoms with Gasteiger partial charge in [-0.3, -0.25) is 86.9 Å². The molecule has 142 heavy (non-hydrogen) atoms. The SMILES string of the molecule is CC[C@H](C)[C@H](NC(=O)[C@H](CC(=O)O)NC(=O)[C@H](CS)NC(=O)[C@H](Cc1c[nH]c2ccccc12)NC(=O)[C@H](Cc1ccc(O)cc1)NC(=O)[C@@H](N)Cc1cnc[nH]1)C(=O)N[C@@H](Cc1c[nH]c2ccccc12)C(=O)N[C@@H](Cc1ccccc1)C(=O)NCC(=O)N[C@@H](C)C(=O)N1CCC[C@H]1C(=O)N[C@@H](C)C(=O)N[C@@H](CS)C(=O)N[C@@H](CCC(N)=O)C(=O)N[C@@H](Cc1ccccc1)C(=O)N[C@@H](CCCNC(=N)N)C(=O)O. The molecule has 1 fully saturated rings. The average molecular weight is 2000 g/mol. The number of carbonyl (C=O) groups excluding carboxylic acids is 16. The number of nitrogens with zero attached hydrogens (tertiary/aromatic N) is 2. The molecule has 0 unspecified atom stereocenters. The first kappa shape index (κ1) is 110. The van der Waals surface area contributed by atoms with Gasteiger partial charge in [0, 0.05) is 116 Å². The number of carboxylic acid groups (broad SMARTS) is 2. The normalized spacial score (nSPS) is 15.4. The zero-order valence-electron chi connectivity index (χ0n) is 78.4. The second-order valence-corrected chi connectivity index (χ2v) is 35.2. The summed E-state index contributed by atoms with van der Waals surface area (Å²) in [5, 5.41) is 77.4. The summed E-state index contributed by atoms with van der Waals surface area (Å²) in [7, 11) is 0. The Morgan fingerprint density at radius 3 is 1.43 bits per heavy atom. The summed E-state index contributed by atoms with van der Waals surface area (Å²) in [6.45, 7) is 5.20. The third kappa shape index (κ3) is 33.4. The number of phenolic OH excluding ortho intramolecular Hbond substituents is 1. The van der Waals surface area contributed by atoms with Gasteiger partial charge in [0.2, 0.25) is 94.5 Å². The first-order valence-corrected chi connectivity index (χ1v) is 47.3. The van der Waals surface area contributed by atoms with Gasteiger partial charge in [-0.1, -0.05) is 129 Å². The lowest BCUT2D eigenvalue weighted by Crippen LogP contribution is -2.62. The molecule has 45 nitrogen and oxygen atoms in total. The van der Waals surface area contributed by atoms with Crippen LogP contribution in [0, 0.1) is 11.3 Å². The maximum absolute atomic E-state index is 15.2. The van der Waals surface area contributed by atoms with Crippen molar-refractivity contribution < 1.29 is 102 Å². The molecule has 8 aromatic rings. The molecular formula is C95H122N24O21S2. The number of aromatic hydroxyl groups is 1. The molecule has 1 aliphatic rings. The number of rotatable bonds is 55. The number of hydrogen-bond acceptors (Lipinski definition) is 24. The van der Waals surface area contributed by atoms with Gasteiger partial charge in [0.05, 0.1) is 25.3 Å². The number of aliphatic carboxylic acids is 2. The third-order valence-corrected chi connectivity index (χ3v) is 24.5. The summed E-state index contributed by atoms with van der Waals surface area (Å²) in [5.41, 5.74) is 21.5. The Morgan fingerprint density at radius 2 is 0.930 bits per heavy atom. The van der Waals surface area contributed by atoms with Crippen molar-refractivity contribution in [1.29, 1.82) is 5.41 Å². The van der Waals surface area contributed by atoms with Gasteiger partial charge >= 0.3 is 11.9 Å². The van der Waals surface area contributed by atoms with Crippen LogP contribution in [0.1, 0.15) is 113 Å². The number of likely N-dealkylation sites (tertiary alicyclic amines) is 1. The Morgan fingerprint density at radius 1 is 0.479 bits per heavy atom. The van der Waals surface area contributed by atoms with E-state index in [-0.39, 0.29) is 89.0 Å². The monoisotopic (exact) mass is 2000 g/mol. The topological polar surface area (TPSA) is 714 Å². The van der Waals surface area contributed by atoms with Gasteiger partial charge in [0.25, 0.3) is 0 Å². The molecule has 28 N–H and O–H groups in total. The first-order valence-electron chi connectivity index (χ1n) is 46.0. The Kier molecular flexibility index (Phi) is 42.1. The number of H-pyrrole nitrogens is 3. The van der Waals surface area contributed by atoms with Crippen LogP contribution in [-0.4, -0.2) is 274 Å². The van der Waals surface area contributed by atoms with Crippen molar-refractivity contribution in [1.82, 2.24) is 105 Å². The molecule has 16 atom stereocenters. The highest BCUT2D eigenvalue weighted by Gasteiger charge is 2.42. The number of nitrogens with two attached hydrogens (primary N) is 3. The molecule has 1 aliphatic heterocycles. The lowest BCUT2D eigenvalue weighted by molar-refractivity contribution is -0.142. The van der Waals surface area contributed by atoms with Gasteiger partial charge < -0.3 is 132 Å². The van der Waals surface area contributed by atoms with Crippen LogP contribution in [-0.2, 0) is 125 Å². The molecule has 5 aromatic carbocycles. The fourth-order valence-corrected chi connectivity index (χ4v) is 16.3. The molecular weight excluding hydrogens is 1880 g/mol. The van der Waals surface area contributed by atoms with E-state index in [9.17, 15) is 92.0 Å². The van der Waals surface area contributed by atoms with Gasteiger partial charge in [-0.2, -0.15) is 25.3 Å². The summed E-state index contributed by atoms with van der Waals surface area (Å²) in [5.74, 6) is -20.1. The van der Waals surface area contributed by atoms with E-state index in [0.29, 0.717) is 61.7 Å². The van der Waals surface area contributed by atoms with Crippen LogP contribution in [0.4, 0.5) is 0 Å². The van der Waals surface area contributed by atoms with Gasteiger partial charge in [-0.05, 0) is 104 Å². The lowest BCUT2D eigenvalue weighted by atomic mass is 9.96. The van der Waals surface area contributed by atoms with Crippen LogP contribution >= 0.6 is 25.3 Å². The van der Waals surface area contributed by atoms with Crippen LogP contribution in [0.3, 0.4) is 0 Å². The molecule has 0 aliphatic carbocycles. The Hall–Kier alpha value is -15.4. The zero-order chi connectivity index (χ0) is 103. The fraction of sp³-hybridized carbons (Fsp3) is 0.411. The molecule has 1 saturated heterocycles. The third-order valence-electron chi connectivity index (χ3n) is 23.7. The number of nitrogens with one attached hydrogen (secondary N) is 19. The molecule has 760 valence electrons. The summed E-state index contributed by atoms with van der Waals surface area (Å²) < 4.78 is 0. The number of aromatic nitrogens is 4. The van der Waals surface area contributed by atoms with Crippen molar-refractivity contribution in [3.63, 3.8) is 0 Å². The van der Waals surface area contributed by atoms with Crippen LogP contribution in [0.25, 0.3) is 21.8 Å². The molecule has 9 rings (SSSR count). The van der Waals surface area contributed by atoms with Crippen LogP contribution in [0.5, 0.6) is 5.75 Å². The minimum absolute atomic E-state index is 0.000170. The number of benzene rings is 5. The largest absolute Gasteiger partial charge is 0.508 e. The fourth-order valence-electron chi connectivity index (χ4n) is 15.8. The molecule has 0 saturated carbocycles.